The molecule has 48 heavy (non-hydrogen) atoms. The zero-order valence-corrected chi connectivity index (χ0v) is 38.1. The molecule has 0 atom stereocenters. The Bertz CT molecular complexity index is 1360. The molecule has 2 aromatic rings. The van der Waals surface area contributed by atoms with Crippen LogP contribution in [0, 0.1) is 0 Å². The minimum Gasteiger partial charge on any atom is -0.541 e. The third-order valence-electron chi connectivity index (χ3n) is 11.1. The maximum atomic E-state index is 6.83. The van der Waals surface area contributed by atoms with E-state index in [0.717, 1.165) is 34.1 Å². The molecule has 0 aliphatic carbocycles. The molecule has 2 rings (SSSR count). The van der Waals surface area contributed by atoms with Gasteiger partial charge in [-0.2, -0.15) is 10.2 Å². The van der Waals surface area contributed by atoms with Crippen molar-refractivity contribution in [2.45, 2.75) is 156 Å². The van der Waals surface area contributed by atoms with Crippen LogP contribution in [0.15, 0.2) is 46.6 Å². The summed E-state index contributed by atoms with van der Waals surface area (Å²) in [6.07, 6.45) is 3.54. The first-order valence-electron chi connectivity index (χ1n) is 17.4. The van der Waals surface area contributed by atoms with Gasteiger partial charge in [-0.3, -0.25) is 0 Å². The monoisotopic (exact) mass is 728 g/mol. The normalized spacial score (nSPS) is 14.5. The Balaban J connectivity index is 2.48. The molecule has 0 bridgehead atoms. The van der Waals surface area contributed by atoms with E-state index >= 15 is 0 Å². The Morgan fingerprint density at radius 2 is 0.625 bits per heavy atom. The Morgan fingerprint density at radius 3 is 0.854 bits per heavy atom. The summed E-state index contributed by atoms with van der Waals surface area (Å²) >= 11 is 0. The second kappa shape index (κ2) is 14.2. The van der Waals surface area contributed by atoms with Crippen LogP contribution in [0.5, 0.6) is 23.0 Å². The van der Waals surface area contributed by atoms with Gasteiger partial charge >= 0.3 is 0 Å². The summed E-state index contributed by atoms with van der Waals surface area (Å²) in [5.41, 5.74) is 1.81. The van der Waals surface area contributed by atoms with Gasteiger partial charge in [0.1, 0.15) is 23.0 Å². The molecule has 0 saturated carbocycles. The van der Waals surface area contributed by atoms with Crippen molar-refractivity contribution in [3.63, 3.8) is 0 Å². The molecule has 0 aromatic heterocycles. The van der Waals surface area contributed by atoms with Crippen LogP contribution >= 0.6 is 0 Å². The molecule has 0 spiro atoms. The van der Waals surface area contributed by atoms with Gasteiger partial charge in [-0.15, -0.1) is 0 Å². The molecule has 0 radical (unpaired) electrons. The van der Waals surface area contributed by atoms with Crippen molar-refractivity contribution < 1.29 is 17.7 Å². The lowest BCUT2D eigenvalue weighted by atomic mass is 10.2. The summed E-state index contributed by atoms with van der Waals surface area (Å²) in [5, 5.41) is 9.11. The lowest BCUT2D eigenvalue weighted by Crippen LogP contribution is -2.45. The van der Waals surface area contributed by atoms with E-state index in [1.54, 1.807) is 12.4 Å². The molecule has 2 aromatic carbocycles. The highest BCUT2D eigenvalue weighted by Gasteiger charge is 2.43. The molecular formula is C38H68N2O4Si4. The maximum Gasteiger partial charge on any atom is 0.250 e. The van der Waals surface area contributed by atoms with Crippen LogP contribution in [0.25, 0.3) is 0 Å². The van der Waals surface area contributed by atoms with Crippen molar-refractivity contribution in [2.24, 2.45) is 10.2 Å². The Hall–Kier alpha value is -2.15. The molecular weight excluding hydrogens is 661 g/mol. The fraction of sp³-hybridized carbons (Fsp3) is 0.632. The summed E-state index contributed by atoms with van der Waals surface area (Å²) in [7, 11) is -8.40. The third-order valence-corrected chi connectivity index (χ3v) is 28.5. The second-order valence-corrected chi connectivity index (χ2v) is 38.2. The first-order chi connectivity index (χ1) is 21.3. The minimum atomic E-state index is -2.12. The van der Waals surface area contributed by atoms with Gasteiger partial charge in [-0.05, 0) is 120 Å². The lowest BCUT2D eigenvalue weighted by molar-refractivity contribution is 0.440. The van der Waals surface area contributed by atoms with Crippen LogP contribution in [-0.2, 0) is 0 Å². The van der Waals surface area contributed by atoms with Gasteiger partial charge < -0.3 is 17.7 Å². The number of hydrogen-bond acceptors (Lipinski definition) is 6. The quantitative estimate of drug-likeness (QED) is 0.131. The molecule has 0 aliphatic heterocycles. The smallest absolute Gasteiger partial charge is 0.250 e. The van der Waals surface area contributed by atoms with Crippen LogP contribution in [0.4, 0.5) is 0 Å². The number of rotatable bonds is 11. The third kappa shape index (κ3) is 10.7. The summed E-state index contributed by atoms with van der Waals surface area (Å²) < 4.78 is 27.2. The van der Waals surface area contributed by atoms with Crippen LogP contribution in [-0.4, -0.2) is 45.7 Å². The predicted octanol–water partition coefficient (Wildman–Crippen LogP) is 12.7. The molecule has 6 nitrogen and oxygen atoms in total. The molecule has 0 saturated heterocycles. The summed E-state index contributed by atoms with van der Waals surface area (Å²) in [6, 6.07) is 12.2. The van der Waals surface area contributed by atoms with E-state index in [0.29, 0.717) is 0 Å². The van der Waals surface area contributed by atoms with Crippen molar-refractivity contribution in [1.82, 2.24) is 0 Å². The van der Waals surface area contributed by atoms with Crippen molar-refractivity contribution in [1.29, 1.82) is 0 Å². The van der Waals surface area contributed by atoms with E-state index in [2.05, 4.69) is 146 Å². The largest absolute Gasteiger partial charge is 0.541 e. The molecule has 0 N–H and O–H groups in total. The molecule has 10 heteroatoms. The highest BCUT2D eigenvalue weighted by molar-refractivity contribution is 6.76. The average molecular weight is 729 g/mol. The van der Waals surface area contributed by atoms with Crippen molar-refractivity contribution in [3.05, 3.63) is 47.5 Å². The van der Waals surface area contributed by atoms with Gasteiger partial charge in [0.2, 0.25) is 0 Å². The zero-order valence-electron chi connectivity index (χ0n) is 34.1. The predicted molar refractivity (Wildman–Crippen MR) is 219 cm³/mol. The van der Waals surface area contributed by atoms with Gasteiger partial charge in [-0.1, -0.05) is 83.1 Å². The van der Waals surface area contributed by atoms with E-state index in [1.807, 2.05) is 36.4 Å². The fourth-order valence-electron chi connectivity index (χ4n) is 3.45. The molecule has 0 unspecified atom stereocenters. The summed E-state index contributed by atoms with van der Waals surface area (Å²) in [4.78, 5) is 0. The van der Waals surface area contributed by atoms with Gasteiger partial charge in [0.15, 0.2) is 0 Å². The Labute approximate surface area is 298 Å². The van der Waals surface area contributed by atoms with Gasteiger partial charge in [0.25, 0.3) is 33.3 Å². The van der Waals surface area contributed by atoms with Gasteiger partial charge in [0.05, 0.1) is 12.4 Å². The van der Waals surface area contributed by atoms with E-state index in [4.69, 9.17) is 17.7 Å². The average Bonchev–Trinajstić information content (AvgIpc) is 2.86. The Morgan fingerprint density at radius 1 is 0.396 bits per heavy atom. The molecule has 0 fully saturated rings. The lowest BCUT2D eigenvalue weighted by Gasteiger charge is -2.39. The maximum absolute atomic E-state index is 6.83. The van der Waals surface area contributed by atoms with Crippen LogP contribution < -0.4 is 17.7 Å². The molecule has 0 heterocycles. The first kappa shape index (κ1) is 42.0. The van der Waals surface area contributed by atoms with Crippen LogP contribution in [0.3, 0.4) is 0 Å². The first-order valence-corrected chi connectivity index (χ1v) is 29.0. The molecule has 0 aliphatic rings. The number of benzene rings is 2. The van der Waals surface area contributed by atoms with Gasteiger partial charge in [0, 0.05) is 0 Å². The van der Waals surface area contributed by atoms with E-state index in [1.165, 1.54) is 0 Å². The SMILES string of the molecule is CC(C)(C)[Si](C)(C)Oc1ccc(C=NN=Cc2ccc(O[Si](C)(C)C(C)(C)C)c(O[Si](C)(C)C(C)(C)C)c2)cc1O[Si](C)(C)C(C)(C)C. The topological polar surface area (TPSA) is 61.6 Å². The number of nitrogens with zero attached hydrogens (tertiary/aromatic N) is 2. The van der Waals surface area contributed by atoms with Gasteiger partial charge in [-0.25, -0.2) is 0 Å². The van der Waals surface area contributed by atoms with Crippen molar-refractivity contribution in [2.75, 3.05) is 0 Å². The summed E-state index contributed by atoms with van der Waals surface area (Å²) in [5.74, 6) is 3.18. The van der Waals surface area contributed by atoms with Crippen molar-refractivity contribution >= 4 is 45.7 Å². The van der Waals surface area contributed by atoms with Crippen LogP contribution in [0.1, 0.15) is 94.2 Å². The second-order valence-electron chi connectivity index (χ2n) is 19.4. The molecule has 0 amide bonds. The standard InChI is InChI=1S/C38H68N2O4Si4/c1-35(2,3)45(13,14)41-31-23-21-29(25-33(31)43-47(17,18)37(7,8)9)27-39-40-28-30-22-24-32(42-46(15,16)36(4,5)6)34(26-30)44-48(19,20)38(10,11)12/h21-28H,1-20H3. The van der Waals surface area contributed by atoms with E-state index in [-0.39, 0.29) is 20.2 Å². The highest BCUT2D eigenvalue weighted by atomic mass is 28.4. The fourth-order valence-corrected chi connectivity index (χ4v) is 7.53. The van der Waals surface area contributed by atoms with E-state index < -0.39 is 33.3 Å². The molecule has 270 valence electrons. The highest BCUT2D eigenvalue weighted by Crippen LogP contribution is 2.45. The van der Waals surface area contributed by atoms with Crippen LogP contribution in [0.2, 0.25) is 72.5 Å². The van der Waals surface area contributed by atoms with Crippen molar-refractivity contribution in [3.8, 4) is 23.0 Å². The Kier molecular flexibility index (Phi) is 12.5. The summed E-state index contributed by atoms with van der Waals surface area (Å²) in [6.45, 7) is 45.2. The van der Waals surface area contributed by atoms with E-state index in [9.17, 15) is 0 Å². The zero-order chi connectivity index (χ0) is 37.4. The number of hydrogen-bond donors (Lipinski definition) is 0. The minimum absolute atomic E-state index is 0.0497.